The van der Waals surface area contributed by atoms with E-state index in [4.69, 9.17) is 9.84 Å². The third-order valence-electron chi connectivity index (χ3n) is 4.21. The summed E-state index contributed by atoms with van der Waals surface area (Å²) in [6.07, 6.45) is -4.56. The van der Waals surface area contributed by atoms with Gasteiger partial charge in [-0.2, -0.15) is 0 Å². The van der Waals surface area contributed by atoms with Crippen LogP contribution < -0.4 is 9.64 Å². The number of methoxy groups -OCH3 is 1. The van der Waals surface area contributed by atoms with Gasteiger partial charge in [0.1, 0.15) is 11.8 Å². The Bertz CT molecular complexity index is 651. The van der Waals surface area contributed by atoms with Gasteiger partial charge >= 0.3 is 12.3 Å². The lowest BCUT2D eigenvalue weighted by atomic mass is 10.1. The number of aliphatic hydroxyl groups is 1. The molecule has 1 saturated heterocycles. The summed E-state index contributed by atoms with van der Waals surface area (Å²) < 4.78 is 45.3. The van der Waals surface area contributed by atoms with E-state index in [-0.39, 0.29) is 37.6 Å². The largest absolute Gasteiger partial charge is 0.573 e. The predicted octanol–water partition coefficient (Wildman–Crippen LogP) is 1.55. The molecule has 0 spiro atoms. The number of benzene rings is 1. The average Bonchev–Trinajstić information content (AvgIpc) is 2.80. The van der Waals surface area contributed by atoms with Crippen LogP contribution in [-0.2, 0) is 14.3 Å². The summed E-state index contributed by atoms with van der Waals surface area (Å²) >= 11 is 0. The van der Waals surface area contributed by atoms with Crippen molar-refractivity contribution in [2.24, 2.45) is 0 Å². The van der Waals surface area contributed by atoms with E-state index in [0.717, 1.165) is 0 Å². The second-order valence-electron chi connectivity index (χ2n) is 5.92. The van der Waals surface area contributed by atoms with Crippen LogP contribution in [0.3, 0.4) is 0 Å². The molecular formula is C17H21F3N2O5. The fourth-order valence-electron chi connectivity index (χ4n) is 2.94. The van der Waals surface area contributed by atoms with Gasteiger partial charge in [-0.15, -0.1) is 13.2 Å². The van der Waals surface area contributed by atoms with Crippen LogP contribution in [0.15, 0.2) is 24.3 Å². The number of esters is 1. The molecule has 0 aromatic heterocycles. The molecule has 1 unspecified atom stereocenters. The van der Waals surface area contributed by atoms with Gasteiger partial charge in [-0.05, 0) is 24.3 Å². The first-order chi connectivity index (χ1) is 12.7. The van der Waals surface area contributed by atoms with Gasteiger partial charge in [0.2, 0.25) is 5.91 Å². The molecule has 1 N–H and O–H groups in total. The van der Waals surface area contributed by atoms with Gasteiger partial charge in [-0.3, -0.25) is 4.79 Å². The van der Waals surface area contributed by atoms with Crippen molar-refractivity contribution in [3.8, 4) is 5.75 Å². The maximum Gasteiger partial charge on any atom is 0.573 e. The van der Waals surface area contributed by atoms with Crippen molar-refractivity contribution in [1.82, 2.24) is 4.90 Å². The van der Waals surface area contributed by atoms with Gasteiger partial charge < -0.3 is 24.4 Å². The van der Waals surface area contributed by atoms with Crippen molar-refractivity contribution in [3.05, 3.63) is 24.3 Å². The van der Waals surface area contributed by atoms with Crippen molar-refractivity contribution in [2.45, 2.75) is 25.2 Å². The van der Waals surface area contributed by atoms with Crippen molar-refractivity contribution in [2.75, 3.05) is 38.3 Å². The van der Waals surface area contributed by atoms with Crippen molar-refractivity contribution in [3.63, 3.8) is 0 Å². The highest BCUT2D eigenvalue weighted by atomic mass is 19.4. The van der Waals surface area contributed by atoms with Crippen LogP contribution in [0, 0.1) is 0 Å². The van der Waals surface area contributed by atoms with E-state index in [1.807, 2.05) is 4.90 Å². The Kier molecular flexibility index (Phi) is 6.89. The minimum Gasteiger partial charge on any atom is -0.467 e. The Balaban J connectivity index is 2.08. The van der Waals surface area contributed by atoms with Gasteiger partial charge in [0.05, 0.1) is 7.11 Å². The molecule has 2 rings (SSSR count). The molecular weight excluding hydrogens is 369 g/mol. The van der Waals surface area contributed by atoms with Crippen LogP contribution in [0.5, 0.6) is 5.75 Å². The summed E-state index contributed by atoms with van der Waals surface area (Å²) in [5.74, 6) is -1.18. The normalized spacial score (nSPS) is 16.7. The Morgan fingerprint density at radius 3 is 2.44 bits per heavy atom. The Labute approximate surface area is 154 Å². The minimum atomic E-state index is -4.76. The molecule has 27 heavy (non-hydrogen) atoms. The fraction of sp³-hybridized carbons (Fsp3) is 0.529. The molecule has 0 radical (unpaired) electrons. The quantitative estimate of drug-likeness (QED) is 0.743. The van der Waals surface area contributed by atoms with Crippen molar-refractivity contribution < 1.29 is 37.3 Å². The summed E-state index contributed by atoms with van der Waals surface area (Å²) in [7, 11) is 1.21. The minimum absolute atomic E-state index is 0.0713. The number of halogens is 3. The number of nitrogens with zero attached hydrogens (tertiary/aromatic N) is 2. The number of anilines is 1. The molecule has 150 valence electrons. The van der Waals surface area contributed by atoms with E-state index in [1.54, 1.807) is 0 Å². The van der Waals surface area contributed by atoms with Crippen LogP contribution >= 0.6 is 0 Å². The first-order valence-corrected chi connectivity index (χ1v) is 8.34. The van der Waals surface area contributed by atoms with Crippen molar-refractivity contribution in [1.29, 1.82) is 0 Å². The Hall–Kier alpha value is -2.49. The van der Waals surface area contributed by atoms with E-state index < -0.39 is 18.4 Å². The van der Waals surface area contributed by atoms with E-state index in [0.29, 0.717) is 18.8 Å². The van der Waals surface area contributed by atoms with Crippen molar-refractivity contribution >= 4 is 17.6 Å². The fourth-order valence-corrected chi connectivity index (χ4v) is 2.94. The van der Waals surface area contributed by atoms with Crippen LogP contribution in [-0.4, -0.2) is 67.6 Å². The lowest BCUT2D eigenvalue weighted by Gasteiger charge is -2.29. The van der Waals surface area contributed by atoms with Gasteiger partial charge in [0, 0.05) is 44.8 Å². The molecule has 1 aliphatic heterocycles. The average molecular weight is 390 g/mol. The third kappa shape index (κ3) is 5.75. The van der Waals surface area contributed by atoms with E-state index in [9.17, 15) is 22.8 Å². The molecule has 0 aliphatic carbocycles. The van der Waals surface area contributed by atoms with E-state index in [2.05, 4.69) is 4.74 Å². The lowest BCUT2D eigenvalue weighted by molar-refractivity contribution is -0.274. The SMILES string of the molecule is COC(=O)C(CCO)N1CCN(c2ccc(OC(F)(F)F)cc2)CCC1=O. The zero-order chi connectivity index (χ0) is 20.0. The second kappa shape index (κ2) is 8.94. The van der Waals surface area contributed by atoms with Crippen LogP contribution in [0.4, 0.5) is 18.9 Å². The highest BCUT2D eigenvalue weighted by molar-refractivity contribution is 5.85. The molecule has 0 bridgehead atoms. The van der Waals surface area contributed by atoms with E-state index in [1.165, 1.54) is 36.3 Å². The topological polar surface area (TPSA) is 79.3 Å². The zero-order valence-corrected chi connectivity index (χ0v) is 14.7. The van der Waals surface area contributed by atoms with Gasteiger partial charge in [-0.1, -0.05) is 0 Å². The Morgan fingerprint density at radius 2 is 1.89 bits per heavy atom. The van der Waals surface area contributed by atoms with Gasteiger partial charge in [-0.25, -0.2) is 4.79 Å². The summed E-state index contributed by atoms with van der Waals surface area (Å²) in [6, 6.07) is 4.50. The zero-order valence-electron chi connectivity index (χ0n) is 14.7. The molecule has 1 atom stereocenters. The number of amides is 1. The number of carbonyl (C=O) groups excluding carboxylic acids is 2. The first-order valence-electron chi connectivity index (χ1n) is 8.34. The predicted molar refractivity (Wildman–Crippen MR) is 89.2 cm³/mol. The number of alkyl halides is 3. The third-order valence-corrected chi connectivity index (χ3v) is 4.21. The summed E-state index contributed by atoms with van der Waals surface area (Å²) in [4.78, 5) is 27.5. The number of carbonyl (C=O) groups is 2. The second-order valence-corrected chi connectivity index (χ2v) is 5.92. The smallest absolute Gasteiger partial charge is 0.467 e. The molecule has 1 aliphatic rings. The molecule has 7 nitrogen and oxygen atoms in total. The number of aliphatic hydroxyl groups excluding tert-OH is 1. The highest BCUT2D eigenvalue weighted by Crippen LogP contribution is 2.26. The van der Waals surface area contributed by atoms with Gasteiger partial charge in [0.25, 0.3) is 0 Å². The molecule has 1 fully saturated rings. The lowest BCUT2D eigenvalue weighted by Crippen LogP contribution is -2.47. The Morgan fingerprint density at radius 1 is 1.22 bits per heavy atom. The molecule has 10 heteroatoms. The number of hydrogen-bond donors (Lipinski definition) is 1. The monoisotopic (exact) mass is 390 g/mol. The van der Waals surface area contributed by atoms with Gasteiger partial charge in [0.15, 0.2) is 0 Å². The molecule has 1 amide bonds. The standard InChI is InChI=1S/C17H21F3N2O5/c1-26-16(25)14(7-11-23)22-10-9-21(8-6-15(22)24)12-2-4-13(5-3-12)27-17(18,19)20/h2-5,14,23H,6-11H2,1H3. The maximum atomic E-state index is 12.4. The summed E-state index contributed by atoms with van der Waals surface area (Å²) in [5, 5.41) is 9.16. The molecule has 0 saturated carbocycles. The van der Waals surface area contributed by atoms with E-state index >= 15 is 0 Å². The summed E-state index contributed by atoms with van der Waals surface area (Å²) in [6.45, 7) is 0.680. The highest BCUT2D eigenvalue weighted by Gasteiger charge is 2.33. The molecule has 1 aromatic rings. The van der Waals surface area contributed by atoms with Crippen LogP contribution in [0.2, 0.25) is 0 Å². The number of rotatable bonds is 6. The summed E-state index contributed by atoms with van der Waals surface area (Å²) in [5.41, 5.74) is 0.635. The molecule has 1 heterocycles. The maximum absolute atomic E-state index is 12.4. The van der Waals surface area contributed by atoms with Crippen LogP contribution in [0.25, 0.3) is 0 Å². The number of ether oxygens (including phenoxy) is 2. The van der Waals surface area contributed by atoms with Crippen LogP contribution in [0.1, 0.15) is 12.8 Å². The first kappa shape index (κ1) is 20.8. The number of hydrogen-bond acceptors (Lipinski definition) is 6. The molecule has 1 aromatic carbocycles.